The Morgan fingerprint density at radius 1 is 0.500 bits per heavy atom. The fraction of sp³-hybridized carbons (Fsp3) is 0.0909. The van der Waals surface area contributed by atoms with E-state index in [1.165, 1.54) is 72.0 Å². The molecule has 1 unspecified atom stereocenters. The van der Waals surface area contributed by atoms with Crippen molar-refractivity contribution >= 4 is 33.4 Å². The van der Waals surface area contributed by atoms with Gasteiger partial charge in [0.2, 0.25) is 0 Å². The maximum absolute atomic E-state index is 2.48. The number of nitrogens with zero attached hydrogens (tertiary/aromatic N) is 1. The SMILES string of the molecule is CC1(C)C2=CC(c3cccc(N(c4ccccc4)c4ccccc4-c4ccc5ccccc5c4-c4ccc(-c5ccccc5)cc4)c3)=CCC2c2ccccc21. The fourth-order valence-electron chi connectivity index (χ4n) is 9.33. The topological polar surface area (TPSA) is 3.24 Å². The van der Waals surface area contributed by atoms with Crippen LogP contribution in [0.1, 0.15) is 42.9 Å². The lowest BCUT2D eigenvalue weighted by Gasteiger charge is -2.30. The summed E-state index contributed by atoms with van der Waals surface area (Å²) in [6, 6.07) is 71.0. The minimum absolute atomic E-state index is 0.00677. The quantitative estimate of drug-likeness (QED) is 0.159. The monoisotopic (exact) mass is 717 g/mol. The number of hydrogen-bond acceptors (Lipinski definition) is 1. The predicted molar refractivity (Wildman–Crippen MR) is 238 cm³/mol. The Hall–Kier alpha value is -6.70. The van der Waals surface area contributed by atoms with Gasteiger partial charge in [-0.15, -0.1) is 0 Å². The maximum Gasteiger partial charge on any atom is 0.0540 e. The number of hydrogen-bond donors (Lipinski definition) is 0. The molecule has 0 N–H and O–H groups in total. The average Bonchev–Trinajstić information content (AvgIpc) is 3.49. The molecule has 1 nitrogen and oxygen atoms in total. The Kier molecular flexibility index (Phi) is 8.37. The molecule has 0 spiro atoms. The minimum atomic E-state index is 0.00677. The van der Waals surface area contributed by atoms with Gasteiger partial charge in [0.1, 0.15) is 0 Å². The van der Waals surface area contributed by atoms with Gasteiger partial charge in [0.15, 0.2) is 0 Å². The molecule has 0 bridgehead atoms. The van der Waals surface area contributed by atoms with Crippen molar-refractivity contribution in [2.75, 3.05) is 4.90 Å². The first-order valence-corrected chi connectivity index (χ1v) is 19.8. The zero-order chi connectivity index (χ0) is 37.6. The number of fused-ring (bicyclic) bond motifs is 4. The summed E-state index contributed by atoms with van der Waals surface area (Å²) in [5.41, 5.74) is 17.7. The standard InChI is InChI=1S/C55H43N/c1-55(2)51-26-13-11-24-47(51)48-34-33-43(37-52(48)55)42-19-15-22-45(36-42)56(44-20-7-4-8-21-44)53-27-14-12-25-49(53)50-35-32-40-18-9-10-23-46(40)54(50)41-30-28-39(29-31-41)38-16-5-3-6-17-38/h3-33,35-37,48H,34H2,1-2H3. The van der Waals surface area contributed by atoms with Gasteiger partial charge in [-0.1, -0.05) is 195 Å². The van der Waals surface area contributed by atoms with Crippen molar-refractivity contribution in [3.63, 3.8) is 0 Å². The predicted octanol–water partition coefficient (Wildman–Crippen LogP) is 15.1. The highest BCUT2D eigenvalue weighted by molar-refractivity contribution is 6.06. The number of allylic oxidation sites excluding steroid dienone is 4. The molecule has 0 saturated carbocycles. The molecule has 0 aromatic heterocycles. The van der Waals surface area contributed by atoms with E-state index in [0.717, 1.165) is 23.5 Å². The molecule has 268 valence electrons. The zero-order valence-electron chi connectivity index (χ0n) is 31.9. The molecule has 1 atom stereocenters. The van der Waals surface area contributed by atoms with Gasteiger partial charge in [-0.05, 0) is 97.6 Å². The molecule has 56 heavy (non-hydrogen) atoms. The number of para-hydroxylation sites is 2. The van der Waals surface area contributed by atoms with Gasteiger partial charge < -0.3 is 4.90 Å². The van der Waals surface area contributed by atoms with Crippen LogP contribution >= 0.6 is 0 Å². The van der Waals surface area contributed by atoms with E-state index < -0.39 is 0 Å². The van der Waals surface area contributed by atoms with Crippen LogP contribution in [0.25, 0.3) is 49.7 Å². The molecule has 8 aromatic rings. The first kappa shape index (κ1) is 33.8. The largest absolute Gasteiger partial charge is 0.310 e. The molecule has 0 saturated heterocycles. The van der Waals surface area contributed by atoms with Crippen molar-refractivity contribution < 1.29 is 0 Å². The van der Waals surface area contributed by atoms with E-state index in [1.807, 2.05) is 0 Å². The summed E-state index contributed by atoms with van der Waals surface area (Å²) in [6.07, 6.45) is 5.96. The first-order chi connectivity index (χ1) is 27.5. The van der Waals surface area contributed by atoms with Crippen LogP contribution in [-0.4, -0.2) is 0 Å². The van der Waals surface area contributed by atoms with E-state index in [4.69, 9.17) is 0 Å². The summed E-state index contributed by atoms with van der Waals surface area (Å²) >= 11 is 0. The van der Waals surface area contributed by atoms with Gasteiger partial charge in [-0.25, -0.2) is 0 Å². The summed E-state index contributed by atoms with van der Waals surface area (Å²) in [6.45, 7) is 4.79. The van der Waals surface area contributed by atoms with Gasteiger partial charge in [0.25, 0.3) is 0 Å². The van der Waals surface area contributed by atoms with Crippen molar-refractivity contribution in [2.45, 2.75) is 31.6 Å². The molecular weight excluding hydrogens is 675 g/mol. The Bertz CT molecular complexity index is 2790. The number of rotatable bonds is 7. The van der Waals surface area contributed by atoms with Crippen LogP contribution < -0.4 is 4.90 Å². The first-order valence-electron chi connectivity index (χ1n) is 19.8. The lowest BCUT2D eigenvalue weighted by Crippen LogP contribution is -2.17. The van der Waals surface area contributed by atoms with E-state index in [1.54, 1.807) is 0 Å². The minimum Gasteiger partial charge on any atom is -0.310 e. The Balaban J connectivity index is 1.11. The summed E-state index contributed by atoms with van der Waals surface area (Å²) in [5, 5.41) is 2.47. The smallest absolute Gasteiger partial charge is 0.0540 e. The van der Waals surface area contributed by atoms with Gasteiger partial charge in [0.05, 0.1) is 5.69 Å². The zero-order valence-corrected chi connectivity index (χ0v) is 31.9. The van der Waals surface area contributed by atoms with Crippen LogP contribution in [0.2, 0.25) is 0 Å². The molecule has 8 aromatic carbocycles. The van der Waals surface area contributed by atoms with Crippen molar-refractivity contribution in [1.82, 2.24) is 0 Å². The van der Waals surface area contributed by atoms with Crippen LogP contribution in [0.5, 0.6) is 0 Å². The van der Waals surface area contributed by atoms with E-state index in [2.05, 4.69) is 225 Å². The third-order valence-corrected chi connectivity index (χ3v) is 12.1. The van der Waals surface area contributed by atoms with Crippen LogP contribution in [0.3, 0.4) is 0 Å². The van der Waals surface area contributed by atoms with E-state index in [9.17, 15) is 0 Å². The number of anilines is 3. The van der Waals surface area contributed by atoms with Gasteiger partial charge in [-0.3, -0.25) is 0 Å². The third-order valence-electron chi connectivity index (χ3n) is 12.1. The number of benzene rings is 8. The molecule has 0 amide bonds. The highest BCUT2D eigenvalue weighted by Crippen LogP contribution is 2.54. The lowest BCUT2D eigenvalue weighted by molar-refractivity contribution is 0.613. The second kappa shape index (κ2) is 13.9. The van der Waals surface area contributed by atoms with E-state index in [0.29, 0.717) is 5.92 Å². The molecule has 2 aliphatic rings. The van der Waals surface area contributed by atoms with Gasteiger partial charge in [0, 0.05) is 28.3 Å². The molecule has 0 radical (unpaired) electrons. The van der Waals surface area contributed by atoms with Crippen molar-refractivity contribution in [1.29, 1.82) is 0 Å². The molecule has 0 heterocycles. The van der Waals surface area contributed by atoms with Crippen LogP contribution in [0.15, 0.2) is 212 Å². The highest BCUT2D eigenvalue weighted by atomic mass is 15.1. The Labute approximate surface area is 330 Å². The second-order valence-corrected chi connectivity index (χ2v) is 15.7. The van der Waals surface area contributed by atoms with Crippen molar-refractivity contribution in [2.24, 2.45) is 0 Å². The molecule has 2 aliphatic carbocycles. The van der Waals surface area contributed by atoms with Crippen LogP contribution in [0.4, 0.5) is 17.1 Å². The van der Waals surface area contributed by atoms with Crippen molar-refractivity contribution in [3.8, 4) is 33.4 Å². The highest BCUT2D eigenvalue weighted by Gasteiger charge is 2.42. The fourth-order valence-corrected chi connectivity index (χ4v) is 9.33. The lowest BCUT2D eigenvalue weighted by atomic mass is 9.77. The van der Waals surface area contributed by atoms with E-state index >= 15 is 0 Å². The Morgan fingerprint density at radius 3 is 1.98 bits per heavy atom. The Morgan fingerprint density at radius 2 is 1.14 bits per heavy atom. The molecule has 10 rings (SSSR count). The molecule has 0 fully saturated rings. The average molecular weight is 718 g/mol. The summed E-state index contributed by atoms with van der Waals surface area (Å²) in [4.78, 5) is 2.44. The molecule has 1 heteroatoms. The summed E-state index contributed by atoms with van der Waals surface area (Å²) in [5.74, 6) is 0.450. The molecular formula is C55H43N. The van der Waals surface area contributed by atoms with E-state index in [-0.39, 0.29) is 5.41 Å². The van der Waals surface area contributed by atoms with Crippen LogP contribution in [0, 0.1) is 0 Å². The maximum atomic E-state index is 2.48. The normalized spacial score (nSPS) is 15.4. The third kappa shape index (κ3) is 5.79. The van der Waals surface area contributed by atoms with Gasteiger partial charge in [-0.2, -0.15) is 0 Å². The van der Waals surface area contributed by atoms with Crippen molar-refractivity contribution in [3.05, 3.63) is 229 Å². The van der Waals surface area contributed by atoms with Gasteiger partial charge >= 0.3 is 0 Å². The second-order valence-electron chi connectivity index (χ2n) is 15.7. The summed E-state index contributed by atoms with van der Waals surface area (Å²) in [7, 11) is 0. The summed E-state index contributed by atoms with van der Waals surface area (Å²) < 4.78 is 0. The van der Waals surface area contributed by atoms with Crippen LogP contribution in [-0.2, 0) is 5.41 Å². The molecule has 0 aliphatic heterocycles.